The minimum Gasteiger partial charge on any atom is -0.348 e. The minimum absolute atomic E-state index is 0.0385. The lowest BCUT2D eigenvalue weighted by Gasteiger charge is -2.12. The lowest BCUT2D eigenvalue weighted by atomic mass is 10.1. The van der Waals surface area contributed by atoms with E-state index in [1.165, 1.54) is 6.20 Å². The molecule has 1 atom stereocenters. The molecule has 0 aliphatic heterocycles. The van der Waals surface area contributed by atoms with Gasteiger partial charge >= 0.3 is 0 Å². The van der Waals surface area contributed by atoms with Gasteiger partial charge in [0.1, 0.15) is 5.69 Å². The third-order valence-corrected chi connectivity index (χ3v) is 3.33. The fourth-order valence-electron chi connectivity index (χ4n) is 2.31. The van der Waals surface area contributed by atoms with Crippen molar-refractivity contribution in [3.63, 3.8) is 0 Å². The average molecular weight is 295 g/mol. The Kier molecular flexibility index (Phi) is 3.82. The first-order valence-corrected chi connectivity index (χ1v) is 7.15. The number of aromatic amines is 1. The Morgan fingerprint density at radius 3 is 2.82 bits per heavy atom. The number of rotatable bonds is 4. The maximum Gasteiger partial charge on any atom is 0.271 e. The molecule has 3 aromatic rings. The molecule has 2 N–H and O–H groups in total. The topological polar surface area (TPSA) is 83.6 Å². The van der Waals surface area contributed by atoms with E-state index in [0.717, 1.165) is 16.9 Å². The molecule has 2 aromatic heterocycles. The first-order chi connectivity index (χ1) is 10.6. The molecule has 0 radical (unpaired) electrons. The zero-order valence-corrected chi connectivity index (χ0v) is 12.5. The van der Waals surface area contributed by atoms with Crippen LogP contribution >= 0.6 is 0 Å². The number of benzene rings is 1. The van der Waals surface area contributed by atoms with Gasteiger partial charge in [-0.15, -0.1) is 0 Å². The van der Waals surface area contributed by atoms with E-state index < -0.39 is 0 Å². The van der Waals surface area contributed by atoms with Crippen molar-refractivity contribution in [3.8, 4) is 0 Å². The van der Waals surface area contributed by atoms with Crippen molar-refractivity contribution in [1.29, 1.82) is 0 Å². The molecule has 112 valence electrons. The second kappa shape index (κ2) is 5.93. The molecule has 0 saturated heterocycles. The SMILES string of the molecule is Cc1cc(C[C@@H](C)NC(=O)c2cnc3ccccc3n2)n[nH]1. The largest absolute Gasteiger partial charge is 0.348 e. The summed E-state index contributed by atoms with van der Waals surface area (Å²) in [6.45, 7) is 3.89. The number of carbonyl (C=O) groups excluding carboxylic acids is 1. The Hall–Kier alpha value is -2.76. The van der Waals surface area contributed by atoms with Crippen molar-refractivity contribution in [1.82, 2.24) is 25.5 Å². The molecule has 6 heteroatoms. The van der Waals surface area contributed by atoms with E-state index in [1.807, 2.05) is 44.2 Å². The minimum atomic E-state index is -0.224. The predicted molar refractivity (Wildman–Crippen MR) is 83.5 cm³/mol. The number of carbonyl (C=O) groups is 1. The molecule has 0 bridgehead atoms. The Bertz CT molecular complexity index is 811. The van der Waals surface area contributed by atoms with Crippen LogP contribution in [-0.4, -0.2) is 32.1 Å². The number of aryl methyl sites for hydroxylation is 1. The van der Waals surface area contributed by atoms with Crippen molar-refractivity contribution in [3.05, 3.63) is 53.6 Å². The van der Waals surface area contributed by atoms with E-state index in [1.54, 1.807) is 0 Å². The first kappa shape index (κ1) is 14.2. The van der Waals surface area contributed by atoms with E-state index in [0.29, 0.717) is 17.6 Å². The lowest BCUT2D eigenvalue weighted by Crippen LogP contribution is -2.34. The lowest BCUT2D eigenvalue weighted by molar-refractivity contribution is 0.0935. The number of aromatic nitrogens is 4. The molecule has 0 unspecified atom stereocenters. The summed E-state index contributed by atoms with van der Waals surface area (Å²) >= 11 is 0. The Morgan fingerprint density at radius 2 is 2.09 bits per heavy atom. The number of nitrogens with one attached hydrogen (secondary N) is 2. The van der Waals surface area contributed by atoms with Gasteiger partial charge in [0.15, 0.2) is 0 Å². The van der Waals surface area contributed by atoms with Crippen LogP contribution in [0.25, 0.3) is 11.0 Å². The number of para-hydroxylation sites is 2. The number of nitrogens with zero attached hydrogens (tertiary/aromatic N) is 3. The second-order valence-electron chi connectivity index (χ2n) is 5.36. The number of amides is 1. The average Bonchev–Trinajstić information content (AvgIpc) is 2.91. The van der Waals surface area contributed by atoms with Crippen LogP contribution in [-0.2, 0) is 6.42 Å². The molecular weight excluding hydrogens is 278 g/mol. The molecule has 0 fully saturated rings. The van der Waals surface area contributed by atoms with E-state index in [-0.39, 0.29) is 11.9 Å². The van der Waals surface area contributed by atoms with Crippen molar-refractivity contribution in [2.24, 2.45) is 0 Å². The summed E-state index contributed by atoms with van der Waals surface area (Å²) in [5, 5.41) is 9.99. The summed E-state index contributed by atoms with van der Waals surface area (Å²) in [6, 6.07) is 9.41. The van der Waals surface area contributed by atoms with Crippen molar-refractivity contribution in [2.75, 3.05) is 0 Å². The number of fused-ring (bicyclic) bond motifs is 1. The first-order valence-electron chi connectivity index (χ1n) is 7.15. The van der Waals surface area contributed by atoms with Gasteiger partial charge in [0.25, 0.3) is 5.91 Å². The smallest absolute Gasteiger partial charge is 0.271 e. The van der Waals surface area contributed by atoms with Gasteiger partial charge in [0, 0.05) is 18.2 Å². The van der Waals surface area contributed by atoms with Gasteiger partial charge in [0.2, 0.25) is 0 Å². The van der Waals surface area contributed by atoms with Crippen LogP contribution in [0.4, 0.5) is 0 Å². The van der Waals surface area contributed by atoms with Gasteiger partial charge in [-0.25, -0.2) is 4.98 Å². The molecule has 0 aliphatic rings. The van der Waals surface area contributed by atoms with Crippen LogP contribution in [0.15, 0.2) is 36.5 Å². The van der Waals surface area contributed by atoms with Crippen LogP contribution in [0.3, 0.4) is 0 Å². The zero-order valence-electron chi connectivity index (χ0n) is 12.5. The fourth-order valence-corrected chi connectivity index (χ4v) is 2.31. The van der Waals surface area contributed by atoms with Crippen LogP contribution in [0, 0.1) is 6.92 Å². The molecule has 0 aliphatic carbocycles. The fraction of sp³-hybridized carbons (Fsp3) is 0.250. The maximum atomic E-state index is 12.3. The molecule has 22 heavy (non-hydrogen) atoms. The second-order valence-corrected chi connectivity index (χ2v) is 5.36. The van der Waals surface area contributed by atoms with Crippen molar-refractivity contribution < 1.29 is 4.79 Å². The molecule has 0 spiro atoms. The third kappa shape index (κ3) is 3.11. The molecule has 2 heterocycles. The van der Waals surface area contributed by atoms with Crippen LogP contribution < -0.4 is 5.32 Å². The van der Waals surface area contributed by atoms with E-state index in [4.69, 9.17) is 0 Å². The normalized spacial score (nSPS) is 12.3. The molecule has 1 aromatic carbocycles. The highest BCUT2D eigenvalue weighted by molar-refractivity contribution is 5.93. The molecule has 3 rings (SSSR count). The van der Waals surface area contributed by atoms with Gasteiger partial charge in [-0.05, 0) is 32.0 Å². The number of hydrogen-bond acceptors (Lipinski definition) is 4. The highest BCUT2D eigenvalue weighted by atomic mass is 16.1. The van der Waals surface area contributed by atoms with Gasteiger partial charge in [-0.1, -0.05) is 12.1 Å². The number of H-pyrrole nitrogens is 1. The van der Waals surface area contributed by atoms with Gasteiger partial charge in [-0.3, -0.25) is 14.9 Å². The molecule has 6 nitrogen and oxygen atoms in total. The predicted octanol–water partition coefficient (Wildman–Crippen LogP) is 2.02. The van der Waals surface area contributed by atoms with Gasteiger partial charge in [0.05, 0.1) is 22.9 Å². The summed E-state index contributed by atoms with van der Waals surface area (Å²) in [5.41, 5.74) is 3.75. The summed E-state index contributed by atoms with van der Waals surface area (Å²) in [4.78, 5) is 20.9. The van der Waals surface area contributed by atoms with E-state index in [9.17, 15) is 4.79 Å². The molecular formula is C16H17N5O. The van der Waals surface area contributed by atoms with Gasteiger partial charge < -0.3 is 5.32 Å². The Balaban J connectivity index is 1.69. The summed E-state index contributed by atoms with van der Waals surface area (Å²) in [6.07, 6.45) is 2.17. The zero-order chi connectivity index (χ0) is 15.5. The van der Waals surface area contributed by atoms with Crippen molar-refractivity contribution >= 4 is 16.9 Å². The van der Waals surface area contributed by atoms with Crippen LogP contribution in [0.1, 0.15) is 28.8 Å². The van der Waals surface area contributed by atoms with Crippen molar-refractivity contribution in [2.45, 2.75) is 26.3 Å². The summed E-state index contributed by atoms with van der Waals surface area (Å²) in [7, 11) is 0. The summed E-state index contributed by atoms with van der Waals surface area (Å²) in [5.74, 6) is -0.224. The Labute approximate surface area is 128 Å². The number of hydrogen-bond donors (Lipinski definition) is 2. The monoisotopic (exact) mass is 295 g/mol. The summed E-state index contributed by atoms with van der Waals surface area (Å²) < 4.78 is 0. The van der Waals surface area contributed by atoms with E-state index >= 15 is 0 Å². The highest BCUT2D eigenvalue weighted by Crippen LogP contribution is 2.09. The third-order valence-electron chi connectivity index (χ3n) is 3.33. The van der Waals surface area contributed by atoms with Crippen LogP contribution in [0.2, 0.25) is 0 Å². The van der Waals surface area contributed by atoms with Gasteiger partial charge in [-0.2, -0.15) is 5.10 Å². The Morgan fingerprint density at radius 1 is 1.32 bits per heavy atom. The quantitative estimate of drug-likeness (QED) is 0.771. The molecule has 0 saturated carbocycles. The maximum absolute atomic E-state index is 12.3. The van der Waals surface area contributed by atoms with E-state index in [2.05, 4.69) is 25.5 Å². The molecule has 1 amide bonds. The highest BCUT2D eigenvalue weighted by Gasteiger charge is 2.13. The van der Waals surface area contributed by atoms with Crippen LogP contribution in [0.5, 0.6) is 0 Å². The standard InChI is InChI=1S/C16H17N5O/c1-10(7-12-8-11(2)20-21-12)18-16(22)15-9-17-13-5-3-4-6-14(13)19-15/h3-6,8-10H,7H2,1-2H3,(H,18,22)(H,20,21)/t10-/m1/s1.